The van der Waals surface area contributed by atoms with E-state index in [9.17, 15) is 31.6 Å². The van der Waals surface area contributed by atoms with E-state index in [4.69, 9.17) is 19.7 Å². The molecule has 0 saturated heterocycles. The molecule has 0 spiro atoms. The van der Waals surface area contributed by atoms with Crippen LogP contribution in [0.4, 0.5) is 17.1 Å². The van der Waals surface area contributed by atoms with E-state index in [0.29, 0.717) is 50.4 Å². The van der Waals surface area contributed by atoms with E-state index in [2.05, 4.69) is 363 Å². The molecule has 690 valence electrons. The molecule has 150 heavy (non-hydrogen) atoms. The van der Waals surface area contributed by atoms with Gasteiger partial charge in [-0.25, -0.2) is 14.5 Å². The van der Waals surface area contributed by atoms with E-state index < -0.39 is 0 Å². The lowest BCUT2D eigenvalue weighted by Crippen LogP contribution is -1.98. The highest BCUT2D eigenvalue weighted by atomic mass is 15.0. The summed E-state index contributed by atoms with van der Waals surface area (Å²) in [5, 5.41) is 71.7. The Balaban J connectivity index is 0.000000116. The molecule has 0 fully saturated rings. The molecule has 27 aromatic rings. The average Bonchev–Trinajstić information content (AvgIpc) is 1.70. The van der Waals surface area contributed by atoms with Crippen LogP contribution in [0.15, 0.2) is 455 Å². The van der Waals surface area contributed by atoms with Gasteiger partial charge in [-0.05, 0) is 261 Å². The van der Waals surface area contributed by atoms with Gasteiger partial charge in [-0.3, -0.25) is 0 Å². The second-order valence-electron chi connectivity index (χ2n) is 36.9. The molecule has 0 saturated carbocycles. The van der Waals surface area contributed by atoms with E-state index >= 15 is 0 Å². The van der Waals surface area contributed by atoms with Crippen LogP contribution in [0, 0.1) is 87.7 Å². The summed E-state index contributed by atoms with van der Waals surface area (Å²) in [4.78, 5) is 11.2. The topological polar surface area (TPSA) is 185 Å². The number of benzene rings is 21. The Morgan fingerprint density at radius 3 is 0.780 bits per heavy atom. The third-order valence-electron chi connectivity index (χ3n) is 28.8. The molecule has 21 aromatic carbocycles. The van der Waals surface area contributed by atoms with Crippen molar-refractivity contribution < 1.29 is 0 Å². The molecule has 0 bridgehead atoms. The van der Waals surface area contributed by atoms with Gasteiger partial charge in [0.25, 0.3) is 0 Å². The summed E-state index contributed by atoms with van der Waals surface area (Å²) < 4.78 is 13.4. The zero-order valence-corrected chi connectivity index (χ0v) is 80.0. The molecular weight excluding hydrogens is 1830 g/mol. The van der Waals surface area contributed by atoms with Crippen LogP contribution in [0.25, 0.3) is 246 Å². The maximum Gasteiger partial charge on any atom is 0.211 e. The molecule has 0 N–H and O–H groups in total. The van der Waals surface area contributed by atoms with Gasteiger partial charge >= 0.3 is 0 Å². The molecule has 15 heteroatoms. The summed E-state index contributed by atoms with van der Waals surface area (Å²) in [5.74, 6) is 0. The second-order valence-corrected chi connectivity index (χ2v) is 36.9. The summed E-state index contributed by atoms with van der Waals surface area (Å²) in [6.07, 6.45) is 0. The second kappa shape index (κ2) is 37.0. The smallest absolute Gasteiger partial charge is 0.211 e. The lowest BCUT2D eigenvalue weighted by Gasteiger charge is -2.18. The summed E-state index contributed by atoms with van der Waals surface area (Å²) in [6.45, 7) is 23.1. The maximum atomic E-state index is 10.0. The molecule has 0 atom stereocenters. The Hall–Kier alpha value is -22.2. The van der Waals surface area contributed by atoms with Crippen LogP contribution in [-0.2, 0) is 0 Å². The highest BCUT2D eigenvalue weighted by Crippen LogP contribution is 2.49. The first-order chi connectivity index (χ1) is 74.0. The third-order valence-corrected chi connectivity index (χ3v) is 28.8. The first kappa shape index (κ1) is 89.2. The number of aromatic nitrogens is 6. The highest BCUT2D eigenvalue weighted by Gasteiger charge is 2.27. The Morgan fingerprint density at radius 2 is 0.427 bits per heavy atom. The minimum Gasteiger partial charge on any atom is -0.319 e. The first-order valence-corrected chi connectivity index (χ1v) is 48.8. The number of fused-ring (bicyclic) bond motifs is 18. The van der Waals surface area contributed by atoms with Crippen molar-refractivity contribution >= 4 is 148 Å². The zero-order valence-electron chi connectivity index (χ0n) is 80.0. The number of para-hydroxylation sites is 10. The van der Waals surface area contributed by atoms with Gasteiger partial charge in [-0.2, -0.15) is 31.6 Å². The molecule has 27 rings (SSSR count). The SMILES string of the molecule is [C-]#[N+]c1ccc2c(c1)c1cc(C#N)ccc1n2-c1ccc(-c2ccc(C#N)cc2-c2ccccc2-n2c3ccccc3c3ccccc32)cc1.[C-]#[N+]c1ccc2c3cc(C#N)ccc3n(-c3ccc(-c4ccc(C#N)cc4-c4ccccc4-n4c5ccccc5c5ccccc54)cc3)c2c1.[C-]#[N+]c1cccc2c3cc(C#N)ccc3n(-c3ccc(-c4ccc(C#N)cc4-c4ccccc4-n4c5ccccc5c5ccccc54)cc3)c12. The van der Waals surface area contributed by atoms with Gasteiger partial charge in [0.15, 0.2) is 11.4 Å². The number of hydrogen-bond donors (Lipinski definition) is 0. The van der Waals surface area contributed by atoms with Crippen LogP contribution in [-0.4, -0.2) is 27.4 Å². The van der Waals surface area contributed by atoms with Crippen molar-refractivity contribution in [1.29, 1.82) is 31.6 Å². The molecule has 6 aromatic heterocycles. The maximum absolute atomic E-state index is 10.0. The predicted molar refractivity (Wildman–Crippen MR) is 605 cm³/mol. The van der Waals surface area contributed by atoms with Gasteiger partial charge in [0.2, 0.25) is 5.69 Å². The Morgan fingerprint density at radius 1 is 0.167 bits per heavy atom. The van der Waals surface area contributed by atoms with Crippen molar-refractivity contribution in [2.75, 3.05) is 0 Å². The fourth-order valence-corrected chi connectivity index (χ4v) is 22.2. The minimum atomic E-state index is 0.553. The molecule has 0 amide bonds. The molecule has 0 unspecified atom stereocenters. The van der Waals surface area contributed by atoms with Gasteiger partial charge in [-0.1, -0.05) is 255 Å². The number of hydrogen-bond acceptors (Lipinski definition) is 6. The van der Waals surface area contributed by atoms with Gasteiger partial charge in [-0.15, -0.1) is 0 Å². The van der Waals surface area contributed by atoms with Gasteiger partial charge in [0, 0.05) is 93.1 Å². The van der Waals surface area contributed by atoms with Crippen molar-refractivity contribution in [3.63, 3.8) is 0 Å². The fourth-order valence-electron chi connectivity index (χ4n) is 22.2. The van der Waals surface area contributed by atoms with Crippen LogP contribution in [0.2, 0.25) is 0 Å². The Bertz CT molecular complexity index is 10500. The van der Waals surface area contributed by atoms with Crippen LogP contribution in [0.1, 0.15) is 33.4 Å². The number of nitriles is 6. The standard InChI is InChI=1S/3C45H25N5/c1-48-40-13-8-12-37-39-26-30(28-47)18-24-44(39)49(45(37)40)32-21-19-31(20-22-32)33-23-17-29(27-46)25-38(33)36-11-4-7-16-43(36)50-41-14-5-2-9-34(41)35-10-3-6-15-42(35)50;1-48-32-18-22-38-40-25-30(28-47)15-23-44(40)49(45(38)26-32)33-19-16-31(17-20-33)34-21-14-29(27-46)24-39(34)37-10-4-7-13-43(37)50-41-11-5-2-8-35(41)36-9-3-6-12-42(36)50;1-48-32-18-23-45-40(26-32)39-25-30(28-47)15-22-44(39)49(45)33-19-16-31(17-20-33)34-21-14-29(27-46)24-38(34)37-10-4-7-13-43(37)50-41-11-5-2-8-35(41)36-9-3-6-12-42(36)50/h3*2-26H. The van der Waals surface area contributed by atoms with Crippen molar-refractivity contribution in [2.45, 2.75) is 0 Å². The minimum absolute atomic E-state index is 0.553. The van der Waals surface area contributed by atoms with E-state index in [1.54, 1.807) is 0 Å². The fraction of sp³-hybridized carbons (Fsp3) is 0. The van der Waals surface area contributed by atoms with Crippen molar-refractivity contribution in [2.24, 2.45) is 0 Å². The largest absolute Gasteiger partial charge is 0.319 e. The zero-order chi connectivity index (χ0) is 101. The van der Waals surface area contributed by atoms with E-state index in [-0.39, 0.29) is 0 Å². The quantitative estimate of drug-likeness (QED) is 0.110. The van der Waals surface area contributed by atoms with E-state index in [1.807, 2.05) is 170 Å². The van der Waals surface area contributed by atoms with Crippen molar-refractivity contribution in [3.8, 4) is 137 Å². The average molecular weight is 1910 g/mol. The molecule has 6 heterocycles. The normalized spacial score (nSPS) is 11.1. The molecular formula is C135H75N15. The third kappa shape index (κ3) is 14.9. The molecule has 0 radical (unpaired) electrons. The monoisotopic (exact) mass is 1910 g/mol. The number of nitrogens with zero attached hydrogens (tertiary/aromatic N) is 15. The summed E-state index contributed by atoms with van der Waals surface area (Å²) in [5.41, 5.74) is 35.5. The predicted octanol–water partition coefficient (Wildman–Crippen LogP) is 34.5. The van der Waals surface area contributed by atoms with Crippen LogP contribution in [0.3, 0.4) is 0 Å². The summed E-state index contributed by atoms with van der Waals surface area (Å²) >= 11 is 0. The Labute approximate surface area is 860 Å². The van der Waals surface area contributed by atoms with Gasteiger partial charge in [0.05, 0.1) is 167 Å². The highest BCUT2D eigenvalue weighted by molar-refractivity contribution is 6.17. The van der Waals surface area contributed by atoms with E-state index in [1.165, 1.54) is 32.3 Å². The molecule has 15 nitrogen and oxygen atoms in total. The van der Waals surface area contributed by atoms with E-state index in [0.717, 1.165) is 199 Å². The van der Waals surface area contributed by atoms with Gasteiger partial charge < -0.3 is 27.4 Å². The summed E-state index contributed by atoms with van der Waals surface area (Å²) in [6, 6.07) is 167. The van der Waals surface area contributed by atoms with Crippen molar-refractivity contribution in [1.82, 2.24) is 27.4 Å². The lowest BCUT2D eigenvalue weighted by molar-refractivity contribution is 1.18. The summed E-state index contributed by atoms with van der Waals surface area (Å²) in [7, 11) is 0. The molecule has 0 aliphatic rings. The van der Waals surface area contributed by atoms with Crippen LogP contribution < -0.4 is 0 Å². The molecule has 0 aliphatic carbocycles. The van der Waals surface area contributed by atoms with Gasteiger partial charge in [0.1, 0.15) is 0 Å². The number of rotatable bonds is 12. The Kier molecular flexibility index (Phi) is 22.0. The molecule has 0 aliphatic heterocycles. The lowest BCUT2D eigenvalue weighted by atomic mass is 9.91. The van der Waals surface area contributed by atoms with Crippen molar-refractivity contribution in [3.05, 3.63) is 523 Å². The van der Waals surface area contributed by atoms with Crippen LogP contribution >= 0.6 is 0 Å². The first-order valence-electron chi connectivity index (χ1n) is 48.8. The van der Waals surface area contributed by atoms with Crippen LogP contribution in [0.5, 0.6) is 0 Å².